The Morgan fingerprint density at radius 3 is 2.92 bits per heavy atom. The second-order valence-corrected chi connectivity index (χ2v) is 7.17. The van der Waals surface area contributed by atoms with Crippen LogP contribution < -0.4 is 5.73 Å². The standard InChI is InChI=1S/C17H17N3O3S2/c1-3-6-23-17(22)14-10(2)20-16(25-9-13(19)21)11(8-18)15(14)12-5-4-7-24-12/h3-5,7,11,15H,1,6,9H2,2H3,(H2,19,21). The molecular weight excluding hydrogens is 358 g/mol. The van der Waals surface area contributed by atoms with Crippen LogP contribution in [0.15, 0.2) is 46.4 Å². The highest BCUT2D eigenvalue weighted by molar-refractivity contribution is 8.14. The maximum absolute atomic E-state index is 12.5. The van der Waals surface area contributed by atoms with Crippen LogP contribution in [-0.4, -0.2) is 29.3 Å². The van der Waals surface area contributed by atoms with Crippen molar-refractivity contribution in [2.75, 3.05) is 12.4 Å². The maximum atomic E-state index is 12.5. The number of allylic oxidation sites excluding steroid dienone is 1. The third-order valence-corrected chi connectivity index (χ3v) is 5.51. The minimum atomic E-state index is -0.682. The van der Waals surface area contributed by atoms with E-state index in [9.17, 15) is 14.9 Å². The Labute approximate surface area is 154 Å². The molecule has 0 spiro atoms. The zero-order valence-electron chi connectivity index (χ0n) is 13.6. The molecule has 0 radical (unpaired) electrons. The Morgan fingerprint density at radius 2 is 2.36 bits per heavy atom. The van der Waals surface area contributed by atoms with Gasteiger partial charge in [-0.2, -0.15) is 5.26 Å². The van der Waals surface area contributed by atoms with E-state index >= 15 is 0 Å². The molecule has 0 saturated carbocycles. The fourth-order valence-corrected chi connectivity index (χ4v) is 4.22. The van der Waals surface area contributed by atoms with Crippen LogP contribution in [0.1, 0.15) is 17.7 Å². The van der Waals surface area contributed by atoms with Gasteiger partial charge >= 0.3 is 5.97 Å². The van der Waals surface area contributed by atoms with Gasteiger partial charge < -0.3 is 10.5 Å². The van der Waals surface area contributed by atoms with Gasteiger partial charge in [-0.15, -0.1) is 11.3 Å². The first-order chi connectivity index (χ1) is 12.0. The summed E-state index contributed by atoms with van der Waals surface area (Å²) < 4.78 is 5.19. The SMILES string of the molecule is C=CCOC(=O)C1=C(C)N=C(SCC(N)=O)C(C#N)C1c1cccs1. The van der Waals surface area contributed by atoms with Crippen LogP contribution in [-0.2, 0) is 14.3 Å². The van der Waals surface area contributed by atoms with Gasteiger partial charge in [0.25, 0.3) is 0 Å². The number of esters is 1. The zero-order chi connectivity index (χ0) is 18.4. The van der Waals surface area contributed by atoms with E-state index in [0.717, 1.165) is 16.6 Å². The highest BCUT2D eigenvalue weighted by Gasteiger charge is 2.40. The lowest BCUT2D eigenvalue weighted by atomic mass is 9.83. The predicted octanol–water partition coefficient (Wildman–Crippen LogP) is 2.61. The van der Waals surface area contributed by atoms with Crippen LogP contribution in [0.3, 0.4) is 0 Å². The summed E-state index contributed by atoms with van der Waals surface area (Å²) in [5.41, 5.74) is 6.04. The van der Waals surface area contributed by atoms with Crippen molar-refractivity contribution in [3.05, 3.63) is 46.3 Å². The molecule has 2 N–H and O–H groups in total. The van der Waals surface area contributed by atoms with Crippen molar-refractivity contribution < 1.29 is 14.3 Å². The van der Waals surface area contributed by atoms with Crippen LogP contribution in [0.5, 0.6) is 0 Å². The first-order valence-electron chi connectivity index (χ1n) is 7.41. The highest BCUT2D eigenvalue weighted by atomic mass is 32.2. The molecule has 1 aromatic heterocycles. The van der Waals surface area contributed by atoms with Crippen molar-refractivity contribution in [1.29, 1.82) is 5.26 Å². The predicted molar refractivity (Wildman–Crippen MR) is 99.1 cm³/mol. The largest absolute Gasteiger partial charge is 0.458 e. The number of carbonyl (C=O) groups is 2. The van der Waals surface area contributed by atoms with Gasteiger partial charge in [-0.1, -0.05) is 30.5 Å². The molecule has 2 unspecified atom stereocenters. The first kappa shape index (κ1) is 19.0. The van der Waals surface area contributed by atoms with Gasteiger partial charge in [0.1, 0.15) is 12.5 Å². The Bertz CT molecular complexity index is 776. The lowest BCUT2D eigenvalue weighted by Crippen LogP contribution is -2.30. The number of thiophene rings is 1. The number of ether oxygens (including phenoxy) is 1. The lowest BCUT2D eigenvalue weighted by molar-refractivity contribution is -0.138. The Morgan fingerprint density at radius 1 is 1.60 bits per heavy atom. The molecule has 1 aliphatic heterocycles. The summed E-state index contributed by atoms with van der Waals surface area (Å²) in [5, 5.41) is 12.1. The molecular formula is C17H17N3O3S2. The van der Waals surface area contributed by atoms with E-state index in [4.69, 9.17) is 10.5 Å². The molecule has 0 aliphatic carbocycles. The minimum absolute atomic E-state index is 0.0255. The molecule has 130 valence electrons. The van der Waals surface area contributed by atoms with Gasteiger partial charge in [-0.05, 0) is 18.4 Å². The van der Waals surface area contributed by atoms with Crippen LogP contribution >= 0.6 is 23.1 Å². The summed E-state index contributed by atoms with van der Waals surface area (Å²) in [4.78, 5) is 28.9. The topological polar surface area (TPSA) is 106 Å². The molecule has 2 rings (SSSR count). The Hall–Kier alpha value is -2.37. The summed E-state index contributed by atoms with van der Waals surface area (Å²) in [7, 11) is 0. The van der Waals surface area contributed by atoms with Crippen LogP contribution in [0, 0.1) is 17.2 Å². The maximum Gasteiger partial charge on any atom is 0.336 e. The second kappa shape index (κ2) is 8.65. The fourth-order valence-electron chi connectivity index (χ4n) is 2.49. The molecule has 0 aromatic carbocycles. The summed E-state index contributed by atoms with van der Waals surface area (Å²) in [6.07, 6.45) is 1.48. The normalized spacial score (nSPS) is 19.8. The number of rotatable bonds is 6. The van der Waals surface area contributed by atoms with Crippen molar-refractivity contribution in [1.82, 2.24) is 0 Å². The van der Waals surface area contributed by atoms with Crippen LogP contribution in [0.4, 0.5) is 0 Å². The van der Waals surface area contributed by atoms with E-state index in [2.05, 4.69) is 17.6 Å². The van der Waals surface area contributed by atoms with Gasteiger partial charge in [0.2, 0.25) is 5.91 Å². The lowest BCUT2D eigenvalue weighted by Gasteiger charge is -2.28. The molecule has 6 nitrogen and oxygen atoms in total. The van der Waals surface area contributed by atoms with Crippen molar-refractivity contribution in [3.63, 3.8) is 0 Å². The molecule has 0 saturated heterocycles. The average Bonchev–Trinajstić information content (AvgIpc) is 3.11. The summed E-state index contributed by atoms with van der Waals surface area (Å²) in [6, 6.07) is 5.95. The van der Waals surface area contributed by atoms with E-state index in [1.807, 2.05) is 17.5 Å². The van der Waals surface area contributed by atoms with E-state index in [0.29, 0.717) is 16.3 Å². The number of nitriles is 1. The Balaban J connectivity index is 2.48. The summed E-state index contributed by atoms with van der Waals surface area (Å²) >= 11 is 2.58. The van der Waals surface area contributed by atoms with Gasteiger partial charge in [-0.25, -0.2) is 9.79 Å². The third kappa shape index (κ3) is 4.38. The minimum Gasteiger partial charge on any atom is -0.458 e. The van der Waals surface area contributed by atoms with E-state index in [-0.39, 0.29) is 12.4 Å². The zero-order valence-corrected chi connectivity index (χ0v) is 15.2. The van der Waals surface area contributed by atoms with Crippen molar-refractivity contribution in [2.45, 2.75) is 12.8 Å². The molecule has 1 aromatic rings. The number of nitrogens with two attached hydrogens (primary N) is 1. The van der Waals surface area contributed by atoms with Crippen molar-refractivity contribution in [3.8, 4) is 6.07 Å². The van der Waals surface area contributed by atoms with E-state index in [1.165, 1.54) is 17.4 Å². The number of hydrogen-bond acceptors (Lipinski definition) is 7. The van der Waals surface area contributed by atoms with Crippen LogP contribution in [0.25, 0.3) is 0 Å². The second-order valence-electron chi connectivity index (χ2n) is 5.19. The molecule has 25 heavy (non-hydrogen) atoms. The van der Waals surface area contributed by atoms with Gasteiger partial charge in [0, 0.05) is 16.5 Å². The molecule has 0 fully saturated rings. The number of carbonyl (C=O) groups excluding carboxylic acids is 2. The molecule has 0 bridgehead atoms. The Kier molecular flexibility index (Phi) is 6.56. The highest BCUT2D eigenvalue weighted by Crippen LogP contribution is 2.42. The van der Waals surface area contributed by atoms with E-state index in [1.54, 1.807) is 6.92 Å². The van der Waals surface area contributed by atoms with E-state index < -0.39 is 23.7 Å². The molecule has 1 amide bonds. The smallest absolute Gasteiger partial charge is 0.336 e. The summed E-state index contributed by atoms with van der Waals surface area (Å²) in [6.45, 7) is 5.31. The van der Waals surface area contributed by atoms with Gasteiger partial charge in [0.15, 0.2) is 0 Å². The fraction of sp³-hybridized carbons (Fsp3) is 0.294. The number of aliphatic imine (C=N–C) groups is 1. The first-order valence-corrected chi connectivity index (χ1v) is 9.27. The number of amides is 1. The molecule has 2 atom stereocenters. The third-order valence-electron chi connectivity index (χ3n) is 3.48. The molecule has 8 heteroatoms. The quantitative estimate of drug-likeness (QED) is 0.608. The van der Waals surface area contributed by atoms with Gasteiger partial charge in [-0.3, -0.25) is 4.79 Å². The van der Waals surface area contributed by atoms with Crippen molar-refractivity contribution >= 4 is 40.0 Å². The molecule has 1 aliphatic rings. The summed E-state index contributed by atoms with van der Waals surface area (Å²) in [5.74, 6) is -2.15. The number of hydrogen-bond donors (Lipinski definition) is 1. The molecule has 2 heterocycles. The average molecular weight is 375 g/mol. The monoisotopic (exact) mass is 375 g/mol. The van der Waals surface area contributed by atoms with Crippen molar-refractivity contribution in [2.24, 2.45) is 16.6 Å². The van der Waals surface area contributed by atoms with Crippen LogP contribution in [0.2, 0.25) is 0 Å². The number of primary amides is 1. The van der Waals surface area contributed by atoms with Gasteiger partial charge in [0.05, 0.1) is 22.4 Å². The number of nitrogens with zero attached hydrogens (tertiary/aromatic N) is 2. The number of thioether (sulfide) groups is 1.